The zero-order chi connectivity index (χ0) is 26.7. The molecule has 1 aliphatic heterocycles. The lowest BCUT2D eigenvalue weighted by atomic mass is 9.86. The first kappa shape index (κ1) is 26.7. The van der Waals surface area contributed by atoms with Gasteiger partial charge in [-0.25, -0.2) is 31.9 Å². The predicted octanol–water partition coefficient (Wildman–Crippen LogP) is 2.10. The van der Waals surface area contributed by atoms with E-state index in [4.69, 9.17) is 9.47 Å². The lowest BCUT2D eigenvalue weighted by Crippen LogP contribution is -2.60. The van der Waals surface area contributed by atoms with Crippen molar-refractivity contribution in [1.82, 2.24) is 9.62 Å². The van der Waals surface area contributed by atoms with Crippen molar-refractivity contribution in [2.24, 2.45) is 0 Å². The maximum Gasteiger partial charge on any atom is 0.346 e. The molecule has 36 heavy (non-hydrogen) atoms. The summed E-state index contributed by atoms with van der Waals surface area (Å²) < 4.78 is 42.7. The van der Waals surface area contributed by atoms with Crippen LogP contribution in [0.1, 0.15) is 41.4 Å². The molecule has 0 saturated carbocycles. The fourth-order valence-corrected chi connectivity index (χ4v) is 5.39. The number of amides is 2. The van der Waals surface area contributed by atoms with Gasteiger partial charge in [0, 0.05) is 0 Å². The molecule has 1 heterocycles. The van der Waals surface area contributed by atoms with Crippen LogP contribution in [0.3, 0.4) is 0 Å². The van der Waals surface area contributed by atoms with Crippen molar-refractivity contribution in [3.8, 4) is 0 Å². The van der Waals surface area contributed by atoms with E-state index in [1.165, 1.54) is 57.4 Å². The number of benzene rings is 2. The number of sulfonamides is 1. The number of carbonyl (C=O) groups excluding carboxylic acids is 4. The summed E-state index contributed by atoms with van der Waals surface area (Å²) in [6.07, 6.45) is 0. The van der Waals surface area contributed by atoms with Crippen molar-refractivity contribution >= 4 is 34.0 Å². The Morgan fingerprint density at radius 3 is 1.94 bits per heavy atom. The van der Waals surface area contributed by atoms with Crippen molar-refractivity contribution in [3.05, 3.63) is 65.2 Å². The summed E-state index contributed by atoms with van der Waals surface area (Å²) in [6.45, 7) is 4.43. The number of ether oxygens (including phenoxy) is 3. The normalized spacial score (nSPS) is 16.7. The summed E-state index contributed by atoms with van der Waals surface area (Å²) in [7, 11) is -3.39. The number of urea groups is 1. The summed E-state index contributed by atoms with van der Waals surface area (Å²) in [5, 5.41) is 2.24. The average molecular weight is 519 g/mol. The Bertz CT molecular complexity index is 1250. The molecule has 1 aliphatic rings. The van der Waals surface area contributed by atoms with Gasteiger partial charge >= 0.3 is 23.9 Å². The van der Waals surface area contributed by atoms with E-state index in [-0.39, 0.29) is 29.2 Å². The second kappa shape index (κ2) is 10.4. The van der Waals surface area contributed by atoms with Crippen molar-refractivity contribution in [3.63, 3.8) is 0 Å². The van der Waals surface area contributed by atoms with Gasteiger partial charge in [0.05, 0.1) is 30.8 Å². The minimum absolute atomic E-state index is 0.0535. The van der Waals surface area contributed by atoms with E-state index >= 15 is 0 Å². The molecule has 1 saturated heterocycles. The van der Waals surface area contributed by atoms with Crippen molar-refractivity contribution < 1.29 is 41.8 Å². The van der Waals surface area contributed by atoms with E-state index in [1.807, 2.05) is 0 Å². The topological polar surface area (TPSA) is 145 Å². The fourth-order valence-electron chi connectivity index (χ4n) is 3.86. The molecule has 1 fully saturated rings. The van der Waals surface area contributed by atoms with Crippen molar-refractivity contribution in [2.75, 3.05) is 20.3 Å². The van der Waals surface area contributed by atoms with Crippen LogP contribution in [0.2, 0.25) is 0 Å². The summed E-state index contributed by atoms with van der Waals surface area (Å²) in [5.41, 5.74) is -1.59. The van der Waals surface area contributed by atoms with Gasteiger partial charge < -0.3 is 19.5 Å². The number of hydrogen-bond acceptors (Lipinski definition) is 9. The van der Waals surface area contributed by atoms with Gasteiger partial charge in [-0.1, -0.05) is 29.8 Å². The quantitative estimate of drug-likeness (QED) is 0.315. The standard InChI is InChI=1S/C24H26N2O9S/c1-5-34-21(28)24(22(29)35-6-2)19(16-9-11-17(12-10-16)20(27)33-4)26(23(30)25-24)36(31,32)18-13-7-15(3)8-14-18/h7-14,19H,5-6H2,1-4H3,(H,25,30)/t19-/m1/s1. The smallest absolute Gasteiger partial charge is 0.346 e. The van der Waals surface area contributed by atoms with Crippen LogP contribution in [0.5, 0.6) is 0 Å². The second-order valence-corrected chi connectivity index (χ2v) is 9.62. The molecule has 0 unspecified atom stereocenters. The zero-order valence-electron chi connectivity index (χ0n) is 20.1. The van der Waals surface area contributed by atoms with Crippen LogP contribution in [-0.4, -0.2) is 62.5 Å². The highest BCUT2D eigenvalue weighted by atomic mass is 32.2. The van der Waals surface area contributed by atoms with Gasteiger partial charge in [-0.2, -0.15) is 0 Å². The molecule has 1 N–H and O–H groups in total. The Morgan fingerprint density at radius 2 is 1.47 bits per heavy atom. The summed E-state index contributed by atoms with van der Waals surface area (Å²) in [5.74, 6) is -3.05. The van der Waals surface area contributed by atoms with Crippen LogP contribution in [0.15, 0.2) is 53.4 Å². The molecular formula is C24H26N2O9S. The SMILES string of the molecule is CCOC(=O)C1(C(=O)OCC)NC(=O)N(S(=O)(=O)c2ccc(C)cc2)[C@@H]1c1ccc(C(=O)OC)cc1. The number of hydrogen-bond donors (Lipinski definition) is 1. The van der Waals surface area contributed by atoms with E-state index in [0.29, 0.717) is 4.31 Å². The number of nitrogens with zero attached hydrogens (tertiary/aromatic N) is 1. The average Bonchev–Trinajstić information content (AvgIpc) is 3.19. The number of nitrogens with one attached hydrogen (secondary N) is 1. The van der Waals surface area contributed by atoms with Crippen molar-refractivity contribution in [2.45, 2.75) is 37.2 Å². The van der Waals surface area contributed by atoms with Gasteiger partial charge in [-0.05, 0) is 50.6 Å². The van der Waals surface area contributed by atoms with E-state index in [2.05, 4.69) is 10.1 Å². The van der Waals surface area contributed by atoms with Gasteiger partial charge in [-0.3, -0.25) is 0 Å². The van der Waals surface area contributed by atoms with Crippen LogP contribution in [0, 0.1) is 6.92 Å². The molecule has 12 heteroatoms. The molecule has 0 spiro atoms. The lowest BCUT2D eigenvalue weighted by Gasteiger charge is -2.32. The molecular weight excluding hydrogens is 492 g/mol. The van der Waals surface area contributed by atoms with Gasteiger partial charge in [0.25, 0.3) is 15.6 Å². The summed E-state index contributed by atoms with van der Waals surface area (Å²) >= 11 is 0. The van der Waals surface area contributed by atoms with Gasteiger partial charge in [0.15, 0.2) is 0 Å². The number of methoxy groups -OCH3 is 1. The molecule has 0 bridgehead atoms. The first-order chi connectivity index (χ1) is 17.0. The number of carbonyl (C=O) groups is 4. The van der Waals surface area contributed by atoms with E-state index in [9.17, 15) is 27.6 Å². The van der Waals surface area contributed by atoms with Crippen LogP contribution >= 0.6 is 0 Å². The minimum atomic E-state index is -4.59. The molecule has 2 aromatic rings. The Labute approximate surface area is 208 Å². The Balaban J connectivity index is 2.29. The van der Waals surface area contributed by atoms with Gasteiger partial charge in [0.2, 0.25) is 0 Å². The lowest BCUT2D eigenvalue weighted by molar-refractivity contribution is -0.166. The number of esters is 3. The molecule has 3 rings (SSSR count). The first-order valence-corrected chi connectivity index (χ1v) is 12.4. The Morgan fingerprint density at radius 1 is 0.944 bits per heavy atom. The third kappa shape index (κ3) is 4.51. The van der Waals surface area contributed by atoms with Crippen LogP contribution in [0.4, 0.5) is 4.79 Å². The molecule has 0 aliphatic carbocycles. The number of aryl methyl sites for hydroxylation is 1. The predicted molar refractivity (Wildman–Crippen MR) is 125 cm³/mol. The first-order valence-electron chi connectivity index (χ1n) is 11.0. The van der Waals surface area contributed by atoms with Crippen LogP contribution in [-0.2, 0) is 33.8 Å². The van der Waals surface area contributed by atoms with E-state index < -0.39 is 45.5 Å². The highest BCUT2D eigenvalue weighted by Crippen LogP contribution is 2.43. The highest BCUT2D eigenvalue weighted by Gasteiger charge is 2.67. The van der Waals surface area contributed by atoms with E-state index in [0.717, 1.165) is 5.56 Å². The monoisotopic (exact) mass is 518 g/mol. The van der Waals surface area contributed by atoms with E-state index in [1.54, 1.807) is 19.1 Å². The molecule has 1 atom stereocenters. The molecule has 2 aromatic carbocycles. The fraction of sp³-hybridized carbons (Fsp3) is 0.333. The molecule has 2 amide bonds. The summed E-state index contributed by atoms with van der Waals surface area (Å²) in [4.78, 5) is 51.4. The van der Waals surface area contributed by atoms with Crippen LogP contribution < -0.4 is 5.32 Å². The third-order valence-corrected chi connectivity index (χ3v) is 7.33. The molecule has 0 radical (unpaired) electrons. The van der Waals surface area contributed by atoms with Gasteiger partial charge in [0.1, 0.15) is 6.04 Å². The molecule has 11 nitrogen and oxygen atoms in total. The Kier molecular flexibility index (Phi) is 7.68. The largest absolute Gasteiger partial charge is 0.465 e. The van der Waals surface area contributed by atoms with Gasteiger partial charge in [-0.15, -0.1) is 0 Å². The van der Waals surface area contributed by atoms with Crippen molar-refractivity contribution in [1.29, 1.82) is 0 Å². The molecule has 0 aromatic heterocycles. The minimum Gasteiger partial charge on any atom is -0.465 e. The molecule has 192 valence electrons. The maximum atomic E-state index is 13.7. The Hall–Kier alpha value is -3.93. The number of rotatable bonds is 8. The third-order valence-electron chi connectivity index (χ3n) is 5.57. The summed E-state index contributed by atoms with van der Waals surface area (Å²) in [6, 6.07) is 8.04. The second-order valence-electron chi connectivity index (χ2n) is 7.81. The highest BCUT2D eigenvalue weighted by molar-refractivity contribution is 7.89. The maximum absolute atomic E-state index is 13.7. The zero-order valence-corrected chi connectivity index (χ0v) is 21.0. The van der Waals surface area contributed by atoms with Crippen LogP contribution in [0.25, 0.3) is 0 Å².